The maximum absolute atomic E-state index is 13.0. The lowest BCUT2D eigenvalue weighted by Crippen LogP contribution is -2.21. The number of carbonyl (C=O) groups is 1. The Morgan fingerprint density at radius 3 is 2.35 bits per heavy atom. The van der Waals surface area contributed by atoms with E-state index in [2.05, 4.69) is 14.7 Å². The van der Waals surface area contributed by atoms with Crippen LogP contribution in [0.5, 0.6) is 0 Å². The highest BCUT2D eigenvalue weighted by molar-refractivity contribution is 5.81. The molecule has 9 heteroatoms. The molecular weight excluding hydrogens is 354 g/mol. The lowest BCUT2D eigenvalue weighted by atomic mass is 9.92. The van der Waals surface area contributed by atoms with Crippen molar-refractivity contribution in [2.45, 2.75) is 50.6 Å². The minimum absolute atomic E-state index is 0.0265. The molecule has 1 unspecified atom stereocenters. The molecular formula is C17H19F4N3O2. The van der Waals surface area contributed by atoms with Crippen molar-refractivity contribution < 1.29 is 26.9 Å². The van der Waals surface area contributed by atoms with Gasteiger partial charge in [-0.15, -0.1) is 0 Å². The first-order valence-electron chi connectivity index (χ1n) is 8.22. The number of nitrogens with two attached hydrogens (primary N) is 1. The number of hydrogen-bond acceptors (Lipinski definition) is 4. The van der Waals surface area contributed by atoms with E-state index in [1.807, 2.05) is 0 Å². The van der Waals surface area contributed by atoms with Crippen molar-refractivity contribution in [2.24, 2.45) is 5.73 Å². The average molecular weight is 373 g/mol. The predicted octanol–water partition coefficient (Wildman–Crippen LogP) is 3.99. The summed E-state index contributed by atoms with van der Waals surface area (Å²) in [7, 11) is 0. The summed E-state index contributed by atoms with van der Waals surface area (Å²) in [6.45, 7) is 0. The number of hydrogen-bond donors (Lipinski definition) is 1. The van der Waals surface area contributed by atoms with Gasteiger partial charge in [0.2, 0.25) is 5.91 Å². The average Bonchev–Trinajstić information content (AvgIpc) is 3.04. The molecule has 26 heavy (non-hydrogen) atoms. The zero-order valence-corrected chi connectivity index (χ0v) is 13.9. The van der Waals surface area contributed by atoms with Crippen LogP contribution in [0.3, 0.4) is 0 Å². The summed E-state index contributed by atoms with van der Waals surface area (Å²) < 4.78 is 54.1. The normalized spacial score (nSPS) is 12.9. The maximum atomic E-state index is 13.0. The summed E-state index contributed by atoms with van der Waals surface area (Å²) >= 11 is 0. The van der Waals surface area contributed by atoms with Crippen LogP contribution < -0.4 is 5.73 Å². The standard InChI is InChI=1S/C17H19F4N3O2/c18-12-9-7-11(8-10-12)13(15(22)25)5-3-1-2-4-6-14-23-16(26-24-14)17(19,20)21/h7-10,13H,1-6H2,(H2,22,25). The number of carbonyl (C=O) groups excluding carboxylic acids is 1. The number of rotatable bonds is 9. The summed E-state index contributed by atoms with van der Waals surface area (Å²) in [4.78, 5) is 14.9. The maximum Gasteiger partial charge on any atom is 0.471 e. The van der Waals surface area contributed by atoms with Gasteiger partial charge in [0, 0.05) is 6.42 Å². The molecule has 0 saturated carbocycles. The third-order valence-corrected chi connectivity index (χ3v) is 3.97. The molecule has 2 aromatic rings. The van der Waals surface area contributed by atoms with Crippen LogP contribution in [-0.4, -0.2) is 16.0 Å². The number of primary amides is 1. The molecule has 1 heterocycles. The van der Waals surface area contributed by atoms with Crippen LogP contribution in [0.2, 0.25) is 0 Å². The van der Waals surface area contributed by atoms with Crippen LogP contribution in [0.1, 0.15) is 55.3 Å². The Kier molecular flexibility index (Phi) is 6.70. The fraction of sp³-hybridized carbons (Fsp3) is 0.471. The van der Waals surface area contributed by atoms with Crippen molar-refractivity contribution in [1.29, 1.82) is 0 Å². The summed E-state index contributed by atoms with van der Waals surface area (Å²) in [6.07, 6.45) is -0.979. The van der Waals surface area contributed by atoms with Gasteiger partial charge in [0.25, 0.3) is 0 Å². The Hall–Kier alpha value is -2.45. The number of amides is 1. The monoisotopic (exact) mass is 373 g/mol. The lowest BCUT2D eigenvalue weighted by molar-refractivity contribution is -0.159. The van der Waals surface area contributed by atoms with E-state index in [4.69, 9.17) is 5.73 Å². The highest BCUT2D eigenvalue weighted by Crippen LogP contribution is 2.27. The van der Waals surface area contributed by atoms with Gasteiger partial charge in [-0.1, -0.05) is 36.6 Å². The summed E-state index contributed by atoms with van der Waals surface area (Å²) in [6, 6.07) is 5.65. The first kappa shape index (κ1) is 19.9. The minimum Gasteiger partial charge on any atom is -0.369 e. The number of aryl methyl sites for hydroxylation is 1. The molecule has 2 rings (SSSR count). The van der Waals surface area contributed by atoms with E-state index < -0.39 is 23.9 Å². The van der Waals surface area contributed by atoms with E-state index in [9.17, 15) is 22.4 Å². The third kappa shape index (κ3) is 5.82. The van der Waals surface area contributed by atoms with E-state index in [-0.39, 0.29) is 18.1 Å². The summed E-state index contributed by atoms with van der Waals surface area (Å²) in [5.41, 5.74) is 6.08. The lowest BCUT2D eigenvalue weighted by Gasteiger charge is -2.13. The van der Waals surface area contributed by atoms with Gasteiger partial charge in [-0.2, -0.15) is 18.2 Å². The zero-order chi connectivity index (χ0) is 19.2. The molecule has 0 saturated heterocycles. The molecule has 0 bridgehead atoms. The predicted molar refractivity (Wildman–Crippen MR) is 84.4 cm³/mol. The van der Waals surface area contributed by atoms with Crippen molar-refractivity contribution in [3.63, 3.8) is 0 Å². The summed E-state index contributed by atoms with van der Waals surface area (Å²) in [5, 5.41) is 3.30. The van der Waals surface area contributed by atoms with Gasteiger partial charge in [0.05, 0.1) is 5.92 Å². The second kappa shape index (κ2) is 8.77. The Bertz CT molecular complexity index is 714. The molecule has 0 fully saturated rings. The first-order chi connectivity index (χ1) is 12.3. The molecule has 0 radical (unpaired) electrons. The number of alkyl halides is 3. The van der Waals surface area contributed by atoms with Crippen molar-refractivity contribution >= 4 is 5.91 Å². The second-order valence-electron chi connectivity index (χ2n) is 5.97. The molecule has 0 aliphatic carbocycles. The molecule has 1 amide bonds. The number of nitrogens with zero attached hydrogens (tertiary/aromatic N) is 2. The van der Waals surface area contributed by atoms with Gasteiger partial charge in [-0.05, 0) is 30.5 Å². The molecule has 2 N–H and O–H groups in total. The van der Waals surface area contributed by atoms with E-state index >= 15 is 0 Å². The topological polar surface area (TPSA) is 82.0 Å². The largest absolute Gasteiger partial charge is 0.471 e. The van der Waals surface area contributed by atoms with Crippen LogP contribution >= 0.6 is 0 Å². The van der Waals surface area contributed by atoms with Crippen molar-refractivity contribution in [3.05, 3.63) is 47.4 Å². The molecule has 0 aliphatic rings. The van der Waals surface area contributed by atoms with Gasteiger partial charge in [-0.25, -0.2) is 4.39 Å². The van der Waals surface area contributed by atoms with Crippen LogP contribution in [0, 0.1) is 5.82 Å². The smallest absolute Gasteiger partial charge is 0.369 e. The van der Waals surface area contributed by atoms with E-state index in [1.54, 1.807) is 12.1 Å². The molecule has 1 aromatic heterocycles. The van der Waals surface area contributed by atoms with Crippen LogP contribution in [0.15, 0.2) is 28.8 Å². The number of halogens is 4. The Morgan fingerprint density at radius 1 is 1.12 bits per heavy atom. The van der Waals surface area contributed by atoms with Gasteiger partial charge in [0.1, 0.15) is 5.82 Å². The second-order valence-corrected chi connectivity index (χ2v) is 5.97. The van der Waals surface area contributed by atoms with Crippen molar-refractivity contribution in [3.8, 4) is 0 Å². The Morgan fingerprint density at radius 2 is 1.77 bits per heavy atom. The molecule has 142 valence electrons. The van der Waals surface area contributed by atoms with Gasteiger partial charge < -0.3 is 10.3 Å². The quantitative estimate of drug-likeness (QED) is 0.532. The van der Waals surface area contributed by atoms with Gasteiger partial charge in [-0.3, -0.25) is 4.79 Å². The highest BCUT2D eigenvalue weighted by Gasteiger charge is 2.38. The highest BCUT2D eigenvalue weighted by atomic mass is 19.4. The first-order valence-corrected chi connectivity index (χ1v) is 8.22. The van der Waals surface area contributed by atoms with Crippen molar-refractivity contribution in [1.82, 2.24) is 10.1 Å². The number of aromatic nitrogens is 2. The molecule has 1 atom stereocenters. The van der Waals surface area contributed by atoms with Gasteiger partial charge >= 0.3 is 12.1 Å². The zero-order valence-electron chi connectivity index (χ0n) is 13.9. The molecule has 5 nitrogen and oxygen atoms in total. The molecule has 1 aromatic carbocycles. The summed E-state index contributed by atoms with van der Waals surface area (Å²) in [5.74, 6) is -2.65. The molecule has 0 aliphatic heterocycles. The van der Waals surface area contributed by atoms with E-state index in [0.29, 0.717) is 24.8 Å². The van der Waals surface area contributed by atoms with Crippen molar-refractivity contribution in [2.75, 3.05) is 0 Å². The SMILES string of the molecule is NC(=O)C(CCCCCCc1noc(C(F)(F)F)n1)c1ccc(F)cc1. The van der Waals surface area contributed by atoms with Crippen LogP contribution in [-0.2, 0) is 17.4 Å². The fourth-order valence-electron chi connectivity index (χ4n) is 2.62. The van der Waals surface area contributed by atoms with E-state index in [0.717, 1.165) is 12.8 Å². The van der Waals surface area contributed by atoms with E-state index in [1.165, 1.54) is 12.1 Å². The van der Waals surface area contributed by atoms with Crippen LogP contribution in [0.25, 0.3) is 0 Å². The fourth-order valence-corrected chi connectivity index (χ4v) is 2.62. The number of unbranched alkanes of at least 4 members (excludes halogenated alkanes) is 3. The third-order valence-electron chi connectivity index (χ3n) is 3.97. The number of benzene rings is 1. The molecule has 0 spiro atoms. The Labute approximate surface area is 147 Å². The van der Waals surface area contributed by atoms with Crippen LogP contribution in [0.4, 0.5) is 17.6 Å². The Balaban J connectivity index is 1.71. The van der Waals surface area contributed by atoms with Gasteiger partial charge in [0.15, 0.2) is 5.82 Å². The minimum atomic E-state index is -4.63.